The highest BCUT2D eigenvalue weighted by Crippen LogP contribution is 2.48. The Morgan fingerprint density at radius 2 is 1.69 bits per heavy atom. The molecule has 0 spiro atoms. The fourth-order valence-electron chi connectivity index (χ4n) is 4.09. The summed E-state index contributed by atoms with van der Waals surface area (Å²) >= 11 is 4.29. The van der Waals surface area contributed by atoms with Gasteiger partial charge in [-0.1, -0.05) is 18.2 Å². The van der Waals surface area contributed by atoms with Gasteiger partial charge in [0, 0.05) is 42.7 Å². The summed E-state index contributed by atoms with van der Waals surface area (Å²) < 4.78 is 39.2. The van der Waals surface area contributed by atoms with Gasteiger partial charge in [0.2, 0.25) is 5.91 Å². The highest BCUT2D eigenvalue weighted by Gasteiger charge is 2.46. The number of amides is 1. The molecule has 3 nitrogen and oxygen atoms in total. The number of carbonyl (C=O) groups is 1. The Labute approximate surface area is 173 Å². The van der Waals surface area contributed by atoms with Gasteiger partial charge in [-0.05, 0) is 54.7 Å². The maximum Gasteiger partial charge on any atom is 0.416 e. The van der Waals surface area contributed by atoms with Crippen LogP contribution in [0.3, 0.4) is 0 Å². The number of rotatable bonds is 3. The molecule has 0 bridgehead atoms. The molecule has 0 aromatic heterocycles. The van der Waals surface area contributed by atoms with Crippen LogP contribution >= 0.6 is 12.6 Å². The molecular formula is C22H23F3N2OS. The minimum Gasteiger partial charge on any atom is -0.368 e. The van der Waals surface area contributed by atoms with Crippen molar-refractivity contribution in [1.82, 2.24) is 4.90 Å². The molecule has 1 amide bonds. The fraction of sp³-hybridized carbons (Fsp3) is 0.409. The Balaban J connectivity index is 1.38. The van der Waals surface area contributed by atoms with Gasteiger partial charge in [-0.3, -0.25) is 4.79 Å². The molecule has 4 rings (SSSR count). The molecule has 1 saturated carbocycles. The average molecular weight is 421 g/mol. The van der Waals surface area contributed by atoms with E-state index in [0.717, 1.165) is 22.9 Å². The maximum atomic E-state index is 13.1. The Kier molecular flexibility index (Phi) is 5.27. The molecule has 1 saturated heterocycles. The van der Waals surface area contributed by atoms with E-state index in [2.05, 4.69) is 12.6 Å². The molecule has 1 aliphatic carbocycles. The number of carbonyl (C=O) groups excluding carboxylic acids is 1. The number of benzene rings is 2. The second kappa shape index (κ2) is 7.59. The SMILES string of the molecule is Cc1ccc(C(F)(F)F)cc1N1CCN(C(=O)C2CC2c2ccc(S)cc2)CC1. The van der Waals surface area contributed by atoms with Gasteiger partial charge in [0.25, 0.3) is 0 Å². The van der Waals surface area contributed by atoms with Crippen LogP contribution in [0.4, 0.5) is 18.9 Å². The van der Waals surface area contributed by atoms with E-state index < -0.39 is 11.7 Å². The smallest absolute Gasteiger partial charge is 0.368 e. The van der Waals surface area contributed by atoms with Crippen LogP contribution < -0.4 is 4.90 Å². The van der Waals surface area contributed by atoms with Crippen molar-refractivity contribution in [3.63, 3.8) is 0 Å². The molecule has 0 radical (unpaired) electrons. The van der Waals surface area contributed by atoms with Crippen LogP contribution in [0.25, 0.3) is 0 Å². The second-order valence-corrected chi connectivity index (χ2v) is 8.37. The molecule has 7 heteroatoms. The average Bonchev–Trinajstić information content (AvgIpc) is 3.48. The van der Waals surface area contributed by atoms with E-state index in [4.69, 9.17) is 0 Å². The third-order valence-electron chi connectivity index (χ3n) is 5.90. The van der Waals surface area contributed by atoms with Crippen molar-refractivity contribution in [1.29, 1.82) is 0 Å². The number of hydrogen-bond donors (Lipinski definition) is 1. The van der Waals surface area contributed by atoms with Gasteiger partial charge in [-0.2, -0.15) is 13.2 Å². The van der Waals surface area contributed by atoms with Gasteiger partial charge < -0.3 is 9.80 Å². The molecule has 1 heterocycles. The first kappa shape index (κ1) is 20.1. The lowest BCUT2D eigenvalue weighted by Crippen LogP contribution is -2.49. The van der Waals surface area contributed by atoms with Crippen molar-refractivity contribution in [2.45, 2.75) is 30.3 Å². The van der Waals surface area contributed by atoms with Crippen molar-refractivity contribution in [3.05, 3.63) is 59.2 Å². The molecule has 2 atom stereocenters. The molecule has 2 fully saturated rings. The Hall–Kier alpha value is -2.15. The summed E-state index contributed by atoms with van der Waals surface area (Å²) in [6.45, 7) is 3.97. The topological polar surface area (TPSA) is 23.6 Å². The number of alkyl halides is 3. The normalized spacial score (nSPS) is 22.0. The lowest BCUT2D eigenvalue weighted by molar-refractivity contribution is -0.137. The van der Waals surface area contributed by atoms with Crippen LogP contribution in [0.15, 0.2) is 47.4 Å². The summed E-state index contributed by atoms with van der Waals surface area (Å²) in [4.78, 5) is 17.6. The van der Waals surface area contributed by atoms with E-state index in [1.54, 1.807) is 0 Å². The lowest BCUT2D eigenvalue weighted by atomic mass is 10.1. The molecular weight excluding hydrogens is 397 g/mol. The van der Waals surface area contributed by atoms with Crippen LogP contribution in [-0.2, 0) is 11.0 Å². The van der Waals surface area contributed by atoms with Gasteiger partial charge in [0.15, 0.2) is 0 Å². The van der Waals surface area contributed by atoms with E-state index in [-0.39, 0.29) is 17.7 Å². The Bertz CT molecular complexity index is 905. The third kappa shape index (κ3) is 4.25. The molecule has 29 heavy (non-hydrogen) atoms. The Morgan fingerprint density at radius 3 is 2.31 bits per heavy atom. The molecule has 2 unspecified atom stereocenters. The molecule has 2 aromatic rings. The van der Waals surface area contributed by atoms with Crippen LogP contribution in [0, 0.1) is 12.8 Å². The predicted molar refractivity (Wildman–Crippen MR) is 110 cm³/mol. The number of halogens is 3. The largest absolute Gasteiger partial charge is 0.416 e. The van der Waals surface area contributed by atoms with Crippen LogP contribution in [0.5, 0.6) is 0 Å². The molecule has 2 aromatic carbocycles. The summed E-state index contributed by atoms with van der Waals surface area (Å²) in [7, 11) is 0. The van der Waals surface area contributed by atoms with Crippen LogP contribution in [0.1, 0.15) is 29.0 Å². The number of thiol groups is 1. The van der Waals surface area contributed by atoms with E-state index >= 15 is 0 Å². The van der Waals surface area contributed by atoms with Crippen molar-refractivity contribution >= 4 is 24.2 Å². The Morgan fingerprint density at radius 1 is 1.03 bits per heavy atom. The number of aryl methyl sites for hydroxylation is 1. The molecule has 2 aliphatic rings. The predicted octanol–water partition coefficient (Wildman–Crippen LogP) is 4.75. The quantitative estimate of drug-likeness (QED) is 0.724. The van der Waals surface area contributed by atoms with Crippen molar-refractivity contribution < 1.29 is 18.0 Å². The number of piperazine rings is 1. The summed E-state index contributed by atoms with van der Waals surface area (Å²) in [5.74, 6) is 0.438. The number of anilines is 1. The van der Waals surface area contributed by atoms with Gasteiger partial charge in [-0.25, -0.2) is 0 Å². The van der Waals surface area contributed by atoms with Crippen LogP contribution in [0.2, 0.25) is 0 Å². The van der Waals surface area contributed by atoms with Crippen LogP contribution in [-0.4, -0.2) is 37.0 Å². The summed E-state index contributed by atoms with van der Waals surface area (Å²) in [6, 6.07) is 11.8. The van der Waals surface area contributed by atoms with Crippen molar-refractivity contribution in [2.24, 2.45) is 5.92 Å². The van der Waals surface area contributed by atoms with E-state index in [0.29, 0.717) is 31.9 Å². The number of hydrogen-bond acceptors (Lipinski definition) is 3. The standard InChI is InChI=1S/C22H23F3N2OS/c1-14-2-5-16(22(23,24)25)12-20(14)26-8-10-27(11-9-26)21(28)19-13-18(19)15-3-6-17(29)7-4-15/h2-7,12,18-19,29H,8-11,13H2,1H3. The fourth-order valence-corrected chi connectivity index (χ4v) is 4.24. The first-order valence-corrected chi connectivity index (χ1v) is 10.2. The summed E-state index contributed by atoms with van der Waals surface area (Å²) in [5.41, 5.74) is 1.94. The molecule has 0 N–H and O–H groups in total. The highest BCUT2D eigenvalue weighted by atomic mass is 32.1. The minimum atomic E-state index is -4.35. The third-order valence-corrected chi connectivity index (χ3v) is 6.20. The minimum absolute atomic E-state index is 0.0163. The highest BCUT2D eigenvalue weighted by molar-refractivity contribution is 7.80. The zero-order valence-electron chi connectivity index (χ0n) is 16.1. The summed E-state index contributed by atoms with van der Waals surface area (Å²) in [6.07, 6.45) is -3.50. The van der Waals surface area contributed by atoms with Gasteiger partial charge >= 0.3 is 6.18 Å². The van der Waals surface area contributed by atoms with Gasteiger partial charge in [0.05, 0.1) is 5.56 Å². The second-order valence-electron chi connectivity index (χ2n) is 7.85. The monoisotopic (exact) mass is 420 g/mol. The number of nitrogens with zero attached hydrogens (tertiary/aromatic N) is 2. The van der Waals surface area contributed by atoms with Crippen molar-refractivity contribution in [3.8, 4) is 0 Å². The van der Waals surface area contributed by atoms with E-state index in [1.807, 2.05) is 41.0 Å². The van der Waals surface area contributed by atoms with Gasteiger partial charge in [0.1, 0.15) is 0 Å². The van der Waals surface area contributed by atoms with E-state index in [1.165, 1.54) is 17.7 Å². The molecule has 1 aliphatic heterocycles. The maximum absolute atomic E-state index is 13.1. The summed E-state index contributed by atoms with van der Waals surface area (Å²) in [5, 5.41) is 0. The zero-order valence-corrected chi connectivity index (χ0v) is 17.0. The van der Waals surface area contributed by atoms with Gasteiger partial charge in [-0.15, -0.1) is 12.6 Å². The molecule has 154 valence electrons. The zero-order chi connectivity index (χ0) is 20.8. The first-order valence-electron chi connectivity index (χ1n) is 9.74. The van der Waals surface area contributed by atoms with E-state index in [9.17, 15) is 18.0 Å². The lowest BCUT2D eigenvalue weighted by Gasteiger charge is -2.37. The first-order chi connectivity index (χ1) is 13.7. The van der Waals surface area contributed by atoms with Crippen molar-refractivity contribution in [2.75, 3.05) is 31.1 Å².